The molecular weight excluding hydrogens is 320 g/mol. The topological polar surface area (TPSA) is 80.7 Å². The Morgan fingerprint density at radius 2 is 1.76 bits per heavy atom. The Morgan fingerprint density at radius 3 is 2.40 bits per heavy atom. The molecule has 0 radical (unpaired) electrons. The van der Waals surface area contributed by atoms with Gasteiger partial charge in [0.25, 0.3) is 0 Å². The fourth-order valence-electron chi connectivity index (χ4n) is 6.52. The van der Waals surface area contributed by atoms with Crippen molar-refractivity contribution in [2.45, 2.75) is 71.3 Å². The summed E-state index contributed by atoms with van der Waals surface area (Å²) in [5.41, 5.74) is -1.29. The summed E-state index contributed by atoms with van der Waals surface area (Å²) in [6, 6.07) is 0. The number of carbonyl (C=O) groups excluding carboxylic acids is 3. The minimum absolute atomic E-state index is 0.0787. The summed E-state index contributed by atoms with van der Waals surface area (Å²) in [7, 11) is 0. The highest BCUT2D eigenvalue weighted by Crippen LogP contribution is 2.66. The van der Waals surface area contributed by atoms with Crippen LogP contribution in [-0.2, 0) is 19.1 Å². The van der Waals surface area contributed by atoms with E-state index in [1.807, 2.05) is 13.8 Å². The van der Waals surface area contributed by atoms with E-state index in [0.717, 1.165) is 44.8 Å². The average molecular weight is 350 g/mol. The lowest BCUT2D eigenvalue weighted by Gasteiger charge is -2.58. The van der Waals surface area contributed by atoms with Crippen molar-refractivity contribution in [2.24, 2.45) is 34.5 Å². The Bertz CT molecular complexity index is 570. The molecular formula is C20H30O5. The fourth-order valence-corrected chi connectivity index (χ4v) is 6.52. The molecule has 0 aromatic heterocycles. The van der Waals surface area contributed by atoms with Gasteiger partial charge in [-0.2, -0.15) is 0 Å². The number of aliphatic hydroxyl groups is 1. The van der Waals surface area contributed by atoms with Crippen molar-refractivity contribution >= 4 is 18.7 Å². The Kier molecular flexibility index (Phi) is 4.59. The van der Waals surface area contributed by atoms with Crippen molar-refractivity contribution in [1.82, 2.24) is 0 Å². The van der Waals surface area contributed by atoms with Gasteiger partial charge in [-0.15, -0.1) is 0 Å². The zero-order chi connectivity index (χ0) is 18.5. The van der Waals surface area contributed by atoms with Gasteiger partial charge in [0, 0.05) is 11.8 Å². The predicted octanol–water partition coefficient (Wildman–Crippen LogP) is 2.88. The monoisotopic (exact) mass is 350 g/mol. The van der Waals surface area contributed by atoms with Crippen LogP contribution in [-0.4, -0.2) is 29.4 Å². The van der Waals surface area contributed by atoms with E-state index < -0.39 is 17.0 Å². The number of ether oxygens (including phenoxy) is 1. The maximum atomic E-state index is 12.1. The van der Waals surface area contributed by atoms with Gasteiger partial charge in [0.2, 0.25) is 0 Å². The summed E-state index contributed by atoms with van der Waals surface area (Å²) in [5, 5.41) is 10.9. The summed E-state index contributed by atoms with van der Waals surface area (Å²) < 4.78 is 4.46. The van der Waals surface area contributed by atoms with E-state index >= 15 is 0 Å². The van der Waals surface area contributed by atoms with Crippen LogP contribution in [0, 0.1) is 34.5 Å². The molecule has 0 spiro atoms. The van der Waals surface area contributed by atoms with Gasteiger partial charge in [-0.25, -0.2) is 0 Å². The van der Waals surface area contributed by atoms with Crippen LogP contribution in [0.3, 0.4) is 0 Å². The van der Waals surface area contributed by atoms with Gasteiger partial charge in [-0.05, 0) is 74.5 Å². The fraction of sp³-hybridized carbons (Fsp3) is 0.850. The lowest BCUT2D eigenvalue weighted by Crippen LogP contribution is -2.55. The molecule has 5 nitrogen and oxygen atoms in total. The van der Waals surface area contributed by atoms with Crippen LogP contribution >= 0.6 is 0 Å². The molecule has 3 rings (SSSR count). The molecule has 0 amide bonds. The standard InChI is InChI=1S/C20H30O5/c1-18(11-21)13(10-17(23)25-12-22)4-5-14-15(18)6-8-19(2)16(14)7-9-20(19,3)24/h11-16,24H,4-10H2,1-3H3/t13-,14?,15?,16?,18-,19-,20-/m0/s1. The summed E-state index contributed by atoms with van der Waals surface area (Å²) in [5.74, 6) is 0.463. The van der Waals surface area contributed by atoms with Crippen molar-refractivity contribution < 1.29 is 24.2 Å². The maximum absolute atomic E-state index is 12.1. The molecule has 1 N–H and O–H groups in total. The molecule has 7 atom stereocenters. The molecule has 5 heteroatoms. The van der Waals surface area contributed by atoms with Crippen LogP contribution in [0.15, 0.2) is 0 Å². The van der Waals surface area contributed by atoms with E-state index in [4.69, 9.17) is 0 Å². The second kappa shape index (κ2) is 6.19. The van der Waals surface area contributed by atoms with Gasteiger partial charge in [-0.3, -0.25) is 9.59 Å². The smallest absolute Gasteiger partial charge is 0.313 e. The van der Waals surface area contributed by atoms with Crippen molar-refractivity contribution in [3.8, 4) is 0 Å². The Balaban J connectivity index is 1.85. The van der Waals surface area contributed by atoms with Crippen LogP contribution in [0.2, 0.25) is 0 Å². The maximum Gasteiger partial charge on any atom is 0.313 e. The number of aldehydes is 1. The highest BCUT2D eigenvalue weighted by Gasteiger charge is 2.62. The van der Waals surface area contributed by atoms with E-state index in [1.54, 1.807) is 0 Å². The zero-order valence-electron chi connectivity index (χ0n) is 15.5. The van der Waals surface area contributed by atoms with Crippen molar-refractivity contribution in [2.75, 3.05) is 0 Å². The summed E-state index contributed by atoms with van der Waals surface area (Å²) in [6.45, 7) is 6.32. The summed E-state index contributed by atoms with van der Waals surface area (Å²) in [6.07, 6.45) is 6.59. The molecule has 0 aromatic rings. The summed E-state index contributed by atoms with van der Waals surface area (Å²) >= 11 is 0. The molecule has 140 valence electrons. The minimum atomic E-state index is -0.634. The van der Waals surface area contributed by atoms with Crippen LogP contribution < -0.4 is 0 Å². The third kappa shape index (κ3) is 2.66. The lowest BCUT2D eigenvalue weighted by atomic mass is 9.47. The first-order chi connectivity index (χ1) is 11.7. The van der Waals surface area contributed by atoms with Gasteiger partial charge < -0.3 is 14.6 Å². The zero-order valence-corrected chi connectivity index (χ0v) is 15.5. The SMILES string of the molecule is C[C@]1(O)CCC2C3CC[C@@H](CC(=O)OC=O)[C@](C)(C=O)C3CC[C@@]21C. The molecule has 3 fully saturated rings. The molecule has 3 aliphatic rings. The van der Waals surface area contributed by atoms with Crippen LogP contribution in [0.4, 0.5) is 0 Å². The normalized spacial score (nSPS) is 49.0. The minimum Gasteiger partial charge on any atom is -0.395 e. The molecule has 0 bridgehead atoms. The highest BCUT2D eigenvalue weighted by atomic mass is 16.6. The Morgan fingerprint density at radius 1 is 1.08 bits per heavy atom. The van der Waals surface area contributed by atoms with Gasteiger partial charge >= 0.3 is 12.4 Å². The number of rotatable bonds is 4. The van der Waals surface area contributed by atoms with Gasteiger partial charge in [0.1, 0.15) is 6.29 Å². The van der Waals surface area contributed by atoms with Gasteiger partial charge in [-0.1, -0.05) is 13.8 Å². The number of carbonyl (C=O) groups is 3. The van der Waals surface area contributed by atoms with E-state index in [-0.39, 0.29) is 30.1 Å². The lowest BCUT2D eigenvalue weighted by molar-refractivity contribution is -0.160. The van der Waals surface area contributed by atoms with E-state index in [2.05, 4.69) is 11.7 Å². The molecule has 0 aliphatic heterocycles. The predicted molar refractivity (Wildman–Crippen MR) is 91.3 cm³/mol. The molecule has 0 heterocycles. The second-order valence-corrected chi connectivity index (χ2v) is 9.19. The van der Waals surface area contributed by atoms with E-state index in [1.165, 1.54) is 0 Å². The molecule has 3 saturated carbocycles. The van der Waals surface area contributed by atoms with E-state index in [0.29, 0.717) is 11.8 Å². The molecule has 3 unspecified atom stereocenters. The first kappa shape index (κ1) is 18.6. The molecule has 25 heavy (non-hydrogen) atoms. The second-order valence-electron chi connectivity index (χ2n) is 9.19. The number of fused-ring (bicyclic) bond motifs is 3. The van der Waals surface area contributed by atoms with Crippen molar-refractivity contribution in [3.63, 3.8) is 0 Å². The average Bonchev–Trinajstić information content (AvgIpc) is 2.80. The van der Waals surface area contributed by atoms with Crippen LogP contribution in [0.1, 0.15) is 65.7 Å². The summed E-state index contributed by atoms with van der Waals surface area (Å²) in [4.78, 5) is 34.3. The van der Waals surface area contributed by atoms with Crippen molar-refractivity contribution in [3.05, 3.63) is 0 Å². The Labute approximate surface area is 149 Å². The Hall–Kier alpha value is -1.23. The third-order valence-corrected chi connectivity index (χ3v) is 8.37. The molecule has 3 aliphatic carbocycles. The number of esters is 1. The highest BCUT2D eigenvalue weighted by molar-refractivity contribution is 5.77. The number of hydrogen-bond donors (Lipinski definition) is 1. The van der Waals surface area contributed by atoms with E-state index in [9.17, 15) is 19.5 Å². The van der Waals surface area contributed by atoms with Gasteiger partial charge in [0.05, 0.1) is 5.60 Å². The van der Waals surface area contributed by atoms with Crippen LogP contribution in [0.25, 0.3) is 0 Å². The quantitative estimate of drug-likeness (QED) is 0.479. The van der Waals surface area contributed by atoms with Crippen LogP contribution in [0.5, 0.6) is 0 Å². The number of hydrogen-bond acceptors (Lipinski definition) is 5. The van der Waals surface area contributed by atoms with Gasteiger partial charge in [0.15, 0.2) is 0 Å². The molecule has 0 aromatic carbocycles. The largest absolute Gasteiger partial charge is 0.395 e. The third-order valence-electron chi connectivity index (χ3n) is 8.37. The first-order valence-electron chi connectivity index (χ1n) is 9.51. The molecule has 0 saturated heterocycles. The van der Waals surface area contributed by atoms with Crippen molar-refractivity contribution in [1.29, 1.82) is 0 Å². The first-order valence-corrected chi connectivity index (χ1v) is 9.51.